The lowest BCUT2D eigenvalue weighted by Crippen LogP contribution is -2.43. The first kappa shape index (κ1) is 21.6. The van der Waals surface area contributed by atoms with Crippen molar-refractivity contribution in [2.45, 2.75) is 13.8 Å². The Morgan fingerprint density at radius 3 is 2.67 bits per heavy atom. The van der Waals surface area contributed by atoms with Gasteiger partial charge in [0, 0.05) is 49.8 Å². The van der Waals surface area contributed by atoms with E-state index in [1.165, 1.54) is 12.1 Å². The van der Waals surface area contributed by atoms with Crippen molar-refractivity contribution in [3.05, 3.63) is 64.3 Å². The highest BCUT2D eigenvalue weighted by molar-refractivity contribution is 7.96. The van der Waals surface area contributed by atoms with Crippen LogP contribution in [0.1, 0.15) is 12.5 Å². The second kappa shape index (κ2) is 8.95. The van der Waals surface area contributed by atoms with E-state index in [-0.39, 0.29) is 5.69 Å². The van der Waals surface area contributed by atoms with Crippen molar-refractivity contribution in [3.8, 4) is 16.9 Å². The number of rotatable bonds is 5. The molecular formula is C23H24FN7OS. The third-order valence-electron chi connectivity index (χ3n) is 5.74. The van der Waals surface area contributed by atoms with Gasteiger partial charge in [-0.05, 0) is 30.7 Å². The smallest absolute Gasteiger partial charge is 0.273 e. The van der Waals surface area contributed by atoms with Gasteiger partial charge in [-0.3, -0.25) is 9.89 Å². The summed E-state index contributed by atoms with van der Waals surface area (Å²) in [6, 6.07) is 10.00. The number of benzene rings is 1. The lowest BCUT2D eigenvalue weighted by atomic mass is 10.1. The van der Waals surface area contributed by atoms with E-state index in [1.807, 2.05) is 24.1 Å². The maximum atomic E-state index is 14.5. The summed E-state index contributed by atoms with van der Waals surface area (Å²) < 4.78 is 18.0. The Hall–Kier alpha value is -3.24. The van der Waals surface area contributed by atoms with Crippen molar-refractivity contribution in [2.75, 3.05) is 36.8 Å². The minimum absolute atomic E-state index is 0.144. The van der Waals surface area contributed by atoms with Crippen molar-refractivity contribution < 1.29 is 4.39 Å². The molecule has 1 aromatic carbocycles. The molecule has 8 nitrogen and oxygen atoms in total. The van der Waals surface area contributed by atoms with E-state index in [9.17, 15) is 9.18 Å². The number of nitrogens with zero attached hydrogens (tertiary/aromatic N) is 6. The average Bonchev–Trinajstić information content (AvgIpc) is 3.22. The first-order chi connectivity index (χ1) is 16.0. The van der Waals surface area contributed by atoms with E-state index in [0.29, 0.717) is 22.3 Å². The summed E-state index contributed by atoms with van der Waals surface area (Å²) in [4.78, 5) is 19.6. The summed E-state index contributed by atoms with van der Waals surface area (Å²) in [6.07, 6.45) is 1.77. The SMILES string of the molecule is CCSN1CCN(c2ccc(-c3n[nH]c4cc(=O)n(-c5c(C)cccc5F)nc34)cn2)CC1. The molecule has 1 N–H and O–H groups in total. The molecule has 1 saturated heterocycles. The Bertz CT molecular complexity index is 1320. The van der Waals surface area contributed by atoms with E-state index in [2.05, 4.69) is 36.4 Å². The van der Waals surface area contributed by atoms with Gasteiger partial charge in [0.05, 0.1) is 5.52 Å². The van der Waals surface area contributed by atoms with Crippen LogP contribution in [-0.2, 0) is 0 Å². The molecule has 4 heterocycles. The molecular weight excluding hydrogens is 441 g/mol. The van der Waals surface area contributed by atoms with Crippen molar-refractivity contribution in [2.24, 2.45) is 0 Å². The predicted molar refractivity (Wildman–Crippen MR) is 129 cm³/mol. The highest BCUT2D eigenvalue weighted by Crippen LogP contribution is 2.26. The summed E-state index contributed by atoms with van der Waals surface area (Å²) in [6.45, 7) is 7.78. The van der Waals surface area contributed by atoms with Gasteiger partial charge in [-0.2, -0.15) is 14.9 Å². The number of aromatic nitrogens is 5. The highest BCUT2D eigenvalue weighted by Gasteiger charge is 2.19. The number of nitrogens with one attached hydrogen (secondary N) is 1. The molecule has 0 unspecified atom stereocenters. The summed E-state index contributed by atoms with van der Waals surface area (Å²) in [5.41, 5.74) is 2.65. The third-order valence-corrected chi connectivity index (χ3v) is 6.73. The van der Waals surface area contributed by atoms with Crippen molar-refractivity contribution in [3.63, 3.8) is 0 Å². The third kappa shape index (κ3) is 4.11. The molecule has 0 saturated carbocycles. The van der Waals surface area contributed by atoms with Crippen molar-refractivity contribution in [1.82, 2.24) is 29.3 Å². The second-order valence-electron chi connectivity index (χ2n) is 7.87. The van der Waals surface area contributed by atoms with Crippen LogP contribution in [0.15, 0.2) is 47.4 Å². The second-order valence-corrected chi connectivity index (χ2v) is 9.23. The molecule has 170 valence electrons. The van der Waals surface area contributed by atoms with Gasteiger partial charge in [0.2, 0.25) is 0 Å². The van der Waals surface area contributed by atoms with Gasteiger partial charge in [0.15, 0.2) is 0 Å². The number of hydrogen-bond acceptors (Lipinski definition) is 7. The van der Waals surface area contributed by atoms with E-state index >= 15 is 0 Å². The number of para-hydroxylation sites is 1. The zero-order chi connectivity index (χ0) is 22.9. The van der Waals surface area contributed by atoms with Crippen LogP contribution in [0.25, 0.3) is 28.0 Å². The summed E-state index contributed by atoms with van der Waals surface area (Å²) in [7, 11) is 0. The van der Waals surface area contributed by atoms with Gasteiger partial charge < -0.3 is 4.90 Å². The van der Waals surface area contributed by atoms with Gasteiger partial charge in [0.25, 0.3) is 5.56 Å². The lowest BCUT2D eigenvalue weighted by Gasteiger charge is -2.34. The van der Waals surface area contributed by atoms with Crippen LogP contribution in [0, 0.1) is 12.7 Å². The van der Waals surface area contributed by atoms with Crippen LogP contribution >= 0.6 is 11.9 Å². The topological polar surface area (TPSA) is 82.9 Å². The zero-order valence-corrected chi connectivity index (χ0v) is 19.3. The van der Waals surface area contributed by atoms with Crippen LogP contribution in [0.2, 0.25) is 0 Å². The molecule has 0 aliphatic carbocycles. The molecule has 1 aliphatic heterocycles. The molecule has 0 spiro atoms. The molecule has 0 radical (unpaired) electrons. The number of pyridine rings is 1. The first-order valence-electron chi connectivity index (χ1n) is 10.9. The minimum atomic E-state index is -0.502. The van der Waals surface area contributed by atoms with E-state index in [1.54, 1.807) is 25.3 Å². The molecule has 5 rings (SSSR count). The Kier molecular flexibility index (Phi) is 5.86. The number of piperazine rings is 1. The number of halogens is 1. The summed E-state index contributed by atoms with van der Waals surface area (Å²) >= 11 is 1.87. The Morgan fingerprint density at radius 1 is 1.15 bits per heavy atom. The number of anilines is 1. The Balaban J connectivity index is 1.46. The van der Waals surface area contributed by atoms with Gasteiger partial charge in [-0.25, -0.2) is 13.7 Å². The number of aromatic amines is 1. The van der Waals surface area contributed by atoms with E-state index < -0.39 is 11.4 Å². The van der Waals surface area contributed by atoms with Crippen LogP contribution in [0.4, 0.5) is 10.2 Å². The summed E-state index contributed by atoms with van der Waals surface area (Å²) in [5.74, 6) is 1.51. The molecule has 3 aromatic heterocycles. The van der Waals surface area contributed by atoms with Crippen molar-refractivity contribution in [1.29, 1.82) is 0 Å². The number of fused-ring (bicyclic) bond motifs is 1. The number of H-pyrrole nitrogens is 1. The molecule has 0 atom stereocenters. The number of aryl methyl sites for hydroxylation is 1. The largest absolute Gasteiger partial charge is 0.354 e. The predicted octanol–water partition coefficient (Wildman–Crippen LogP) is 3.41. The lowest BCUT2D eigenvalue weighted by molar-refractivity contribution is 0.428. The number of hydrogen-bond donors (Lipinski definition) is 1. The normalized spacial score (nSPS) is 14.8. The average molecular weight is 466 g/mol. The molecule has 33 heavy (non-hydrogen) atoms. The highest BCUT2D eigenvalue weighted by atomic mass is 32.2. The quantitative estimate of drug-likeness (QED) is 0.452. The van der Waals surface area contributed by atoms with Gasteiger partial charge in [-0.1, -0.05) is 31.0 Å². The molecule has 1 fully saturated rings. The Morgan fingerprint density at radius 2 is 1.97 bits per heavy atom. The van der Waals surface area contributed by atoms with Gasteiger partial charge in [0.1, 0.15) is 28.5 Å². The van der Waals surface area contributed by atoms with Crippen LogP contribution < -0.4 is 10.5 Å². The maximum Gasteiger partial charge on any atom is 0.273 e. The van der Waals surface area contributed by atoms with E-state index in [4.69, 9.17) is 0 Å². The van der Waals surface area contributed by atoms with Crippen LogP contribution in [0.3, 0.4) is 0 Å². The molecule has 10 heteroatoms. The molecule has 1 aliphatic rings. The Labute approximate surface area is 194 Å². The maximum absolute atomic E-state index is 14.5. The summed E-state index contributed by atoms with van der Waals surface area (Å²) in [5, 5.41) is 11.7. The molecule has 4 aromatic rings. The molecule has 0 bridgehead atoms. The fraction of sp³-hybridized carbons (Fsp3) is 0.304. The first-order valence-corrected chi connectivity index (χ1v) is 11.8. The van der Waals surface area contributed by atoms with E-state index in [0.717, 1.165) is 48.0 Å². The van der Waals surface area contributed by atoms with Crippen LogP contribution in [0.5, 0.6) is 0 Å². The van der Waals surface area contributed by atoms with Crippen LogP contribution in [-0.4, -0.2) is 61.2 Å². The van der Waals surface area contributed by atoms with Crippen molar-refractivity contribution >= 4 is 28.8 Å². The molecule has 0 amide bonds. The standard InChI is InChI=1S/C23H24FN7OS/c1-3-33-30-11-9-29(10-12-30)19-8-7-16(14-25-19)21-22-18(26-27-21)13-20(32)31(28-22)23-15(2)5-4-6-17(23)24/h4-8,13-14,26H,3,9-12H2,1-2H3. The van der Waals surface area contributed by atoms with Gasteiger partial charge in [-0.15, -0.1) is 0 Å². The monoisotopic (exact) mass is 465 g/mol. The minimum Gasteiger partial charge on any atom is -0.354 e. The zero-order valence-electron chi connectivity index (χ0n) is 18.5. The van der Waals surface area contributed by atoms with Gasteiger partial charge >= 0.3 is 0 Å². The fourth-order valence-corrected chi connectivity index (χ4v) is 4.87. The fourth-order valence-electron chi connectivity index (χ4n) is 4.08.